The van der Waals surface area contributed by atoms with Crippen LogP contribution in [0.15, 0.2) is 0 Å². The van der Waals surface area contributed by atoms with Gasteiger partial charge in [-0.1, -0.05) is 40.4 Å². The van der Waals surface area contributed by atoms with Crippen LogP contribution in [0.2, 0.25) is 24.7 Å². The zero-order valence-corrected chi connectivity index (χ0v) is 12.7. The van der Waals surface area contributed by atoms with Gasteiger partial charge in [0.05, 0.1) is 13.1 Å². The standard InChI is InChI=1S/C13H26N2Si/c1-10(2)13(16(4,5)6)8-7-11(3)9-12(13)15-14/h10-11H,7-9H2,1-6H3. The Hall–Kier alpha value is -0.403. The summed E-state index contributed by atoms with van der Waals surface area (Å²) in [5, 5.41) is 0.203. The lowest BCUT2D eigenvalue weighted by Crippen LogP contribution is -2.51. The van der Waals surface area contributed by atoms with Gasteiger partial charge in [0, 0.05) is 6.42 Å². The summed E-state index contributed by atoms with van der Waals surface area (Å²) in [6.07, 6.45) is 3.47. The zero-order valence-electron chi connectivity index (χ0n) is 11.7. The molecule has 0 amide bonds. The first-order valence-electron chi connectivity index (χ1n) is 6.47. The molecule has 0 aliphatic heterocycles. The Labute approximate surface area is 101 Å². The third-order valence-electron chi connectivity index (χ3n) is 4.53. The Kier molecular flexibility index (Phi) is 3.81. The highest BCUT2D eigenvalue weighted by molar-refractivity contribution is 6.82. The normalized spacial score (nSPS) is 31.7. The largest absolute Gasteiger partial charge is 0.362 e. The van der Waals surface area contributed by atoms with Gasteiger partial charge in [-0.05, 0) is 24.7 Å². The van der Waals surface area contributed by atoms with Crippen molar-refractivity contribution in [3.8, 4) is 0 Å². The van der Waals surface area contributed by atoms with E-state index < -0.39 is 8.07 Å². The zero-order chi connectivity index (χ0) is 12.6. The van der Waals surface area contributed by atoms with Crippen molar-refractivity contribution in [2.45, 2.75) is 64.7 Å². The average Bonchev–Trinajstić information content (AvgIpc) is 2.15. The highest BCUT2D eigenvalue weighted by Gasteiger charge is 2.56. The topological polar surface area (TPSA) is 36.4 Å². The summed E-state index contributed by atoms with van der Waals surface area (Å²) < 4.78 is 0. The summed E-state index contributed by atoms with van der Waals surface area (Å²) in [7, 11) is -1.37. The molecule has 0 N–H and O–H groups in total. The van der Waals surface area contributed by atoms with Crippen LogP contribution in [0.1, 0.15) is 40.0 Å². The quantitative estimate of drug-likeness (QED) is 0.392. The van der Waals surface area contributed by atoms with Crippen LogP contribution in [0, 0.1) is 11.8 Å². The number of hydrogen-bond donors (Lipinski definition) is 0. The van der Waals surface area contributed by atoms with Crippen LogP contribution in [-0.4, -0.2) is 18.6 Å². The van der Waals surface area contributed by atoms with Crippen LogP contribution in [0.25, 0.3) is 5.53 Å². The molecule has 0 heterocycles. The van der Waals surface area contributed by atoms with Gasteiger partial charge in [0.15, 0.2) is 0 Å². The molecule has 0 radical (unpaired) electrons. The Balaban J connectivity index is 3.25. The summed E-state index contributed by atoms with van der Waals surface area (Å²) >= 11 is 0. The Morgan fingerprint density at radius 3 is 2.31 bits per heavy atom. The van der Waals surface area contributed by atoms with Crippen molar-refractivity contribution >= 4 is 13.8 Å². The van der Waals surface area contributed by atoms with Crippen LogP contribution < -0.4 is 0 Å². The molecule has 2 unspecified atom stereocenters. The lowest BCUT2D eigenvalue weighted by Gasteiger charge is -2.46. The second-order valence-corrected chi connectivity index (χ2v) is 12.2. The van der Waals surface area contributed by atoms with Gasteiger partial charge in [0.1, 0.15) is 0 Å². The summed E-state index contributed by atoms with van der Waals surface area (Å²) in [4.78, 5) is 3.69. The maximum atomic E-state index is 9.37. The maximum Gasteiger partial charge on any atom is 0.272 e. The van der Waals surface area contributed by atoms with E-state index in [9.17, 15) is 5.53 Å². The molecule has 1 aliphatic rings. The van der Waals surface area contributed by atoms with E-state index in [4.69, 9.17) is 0 Å². The SMILES string of the molecule is CC1CCC(C(C)C)([Si](C)(C)C)C(=[N+]=[N-])C1. The molecule has 0 aromatic heterocycles. The molecule has 1 saturated carbocycles. The van der Waals surface area contributed by atoms with Crippen molar-refractivity contribution < 1.29 is 4.79 Å². The minimum atomic E-state index is -1.37. The molecule has 2 nitrogen and oxygen atoms in total. The highest BCUT2D eigenvalue weighted by Crippen LogP contribution is 2.54. The van der Waals surface area contributed by atoms with E-state index in [2.05, 4.69) is 45.2 Å². The first-order chi connectivity index (χ1) is 7.25. The van der Waals surface area contributed by atoms with Crippen molar-refractivity contribution in [2.24, 2.45) is 11.8 Å². The Morgan fingerprint density at radius 1 is 1.38 bits per heavy atom. The summed E-state index contributed by atoms with van der Waals surface area (Å²) in [6, 6.07) is 0. The Morgan fingerprint density at radius 2 is 1.94 bits per heavy atom. The number of nitrogens with zero attached hydrogens (tertiary/aromatic N) is 2. The fourth-order valence-electron chi connectivity index (χ4n) is 3.66. The number of rotatable bonds is 2. The van der Waals surface area contributed by atoms with E-state index >= 15 is 0 Å². The average molecular weight is 238 g/mol. The summed E-state index contributed by atoms with van der Waals surface area (Å²) in [5.41, 5.74) is 10.5. The summed E-state index contributed by atoms with van der Waals surface area (Å²) in [5.74, 6) is 1.26. The lowest BCUT2D eigenvalue weighted by molar-refractivity contribution is -0.0222. The first kappa shape index (κ1) is 13.7. The second kappa shape index (κ2) is 4.46. The van der Waals surface area contributed by atoms with Gasteiger partial charge < -0.3 is 5.53 Å². The minimum absolute atomic E-state index is 0.203. The second-order valence-electron chi connectivity index (χ2n) is 6.77. The van der Waals surface area contributed by atoms with Gasteiger partial charge in [-0.2, -0.15) is 4.79 Å². The van der Waals surface area contributed by atoms with Gasteiger partial charge in [-0.15, -0.1) is 0 Å². The van der Waals surface area contributed by atoms with E-state index in [1.165, 1.54) is 12.8 Å². The molecule has 16 heavy (non-hydrogen) atoms. The molecule has 3 heteroatoms. The third kappa shape index (κ3) is 2.03. The first-order valence-corrected chi connectivity index (χ1v) is 9.97. The van der Waals surface area contributed by atoms with E-state index in [1.54, 1.807) is 0 Å². The molecule has 0 bridgehead atoms. The Bertz CT molecular complexity index is 310. The van der Waals surface area contributed by atoms with E-state index in [-0.39, 0.29) is 5.04 Å². The van der Waals surface area contributed by atoms with Gasteiger partial charge in [-0.25, -0.2) is 0 Å². The molecular formula is C13H26N2Si. The fraction of sp³-hybridized carbons (Fsp3) is 0.923. The van der Waals surface area contributed by atoms with Crippen molar-refractivity contribution in [2.75, 3.05) is 0 Å². The van der Waals surface area contributed by atoms with Crippen molar-refractivity contribution in [1.29, 1.82) is 0 Å². The van der Waals surface area contributed by atoms with Gasteiger partial charge >= 0.3 is 0 Å². The molecule has 0 aromatic rings. The highest BCUT2D eigenvalue weighted by atomic mass is 28.3. The smallest absolute Gasteiger partial charge is 0.272 e. The molecule has 0 saturated heterocycles. The molecule has 2 atom stereocenters. The van der Waals surface area contributed by atoms with Crippen LogP contribution in [-0.2, 0) is 0 Å². The molecule has 1 fully saturated rings. The molecule has 1 aliphatic carbocycles. The molecule has 0 aromatic carbocycles. The third-order valence-corrected chi connectivity index (χ3v) is 8.33. The van der Waals surface area contributed by atoms with Crippen LogP contribution in [0.5, 0.6) is 0 Å². The summed E-state index contributed by atoms with van der Waals surface area (Å²) in [6.45, 7) is 14.1. The van der Waals surface area contributed by atoms with Crippen molar-refractivity contribution in [1.82, 2.24) is 0 Å². The van der Waals surface area contributed by atoms with E-state index in [0.29, 0.717) is 11.8 Å². The van der Waals surface area contributed by atoms with Gasteiger partial charge in [0.2, 0.25) is 0 Å². The molecule has 1 rings (SSSR count). The number of hydrogen-bond acceptors (Lipinski definition) is 0. The fourth-order valence-corrected chi connectivity index (χ4v) is 7.30. The van der Waals surface area contributed by atoms with E-state index in [1.807, 2.05) is 0 Å². The minimum Gasteiger partial charge on any atom is -0.362 e. The van der Waals surface area contributed by atoms with Crippen molar-refractivity contribution in [3.05, 3.63) is 5.53 Å². The van der Waals surface area contributed by atoms with Crippen LogP contribution in [0.3, 0.4) is 0 Å². The predicted molar refractivity (Wildman–Crippen MR) is 72.5 cm³/mol. The lowest BCUT2D eigenvalue weighted by atomic mass is 9.75. The molecule has 0 spiro atoms. The monoisotopic (exact) mass is 238 g/mol. The predicted octanol–water partition coefficient (Wildman–Crippen LogP) is 4.21. The van der Waals surface area contributed by atoms with E-state index in [0.717, 1.165) is 12.1 Å². The van der Waals surface area contributed by atoms with Crippen LogP contribution >= 0.6 is 0 Å². The van der Waals surface area contributed by atoms with Crippen LogP contribution in [0.4, 0.5) is 0 Å². The molecular weight excluding hydrogens is 212 g/mol. The maximum absolute atomic E-state index is 9.37. The molecule has 92 valence electrons. The van der Waals surface area contributed by atoms with Gasteiger partial charge in [0.25, 0.3) is 5.71 Å². The van der Waals surface area contributed by atoms with Gasteiger partial charge in [-0.3, -0.25) is 0 Å². The van der Waals surface area contributed by atoms with Crippen molar-refractivity contribution in [3.63, 3.8) is 0 Å².